The van der Waals surface area contributed by atoms with Crippen LogP contribution in [0.25, 0.3) is 0 Å². The normalized spacial score (nSPS) is 30.4. The van der Waals surface area contributed by atoms with Crippen LogP contribution in [0.1, 0.15) is 34.8 Å². The van der Waals surface area contributed by atoms with E-state index in [1.807, 2.05) is 0 Å². The lowest BCUT2D eigenvalue weighted by atomic mass is 9.72. The van der Waals surface area contributed by atoms with Gasteiger partial charge < -0.3 is 10.8 Å². The minimum Gasteiger partial charge on any atom is -0.480 e. The second-order valence-corrected chi connectivity index (χ2v) is 7.75. The standard InChI is InChI=1S/C14H19ClN2O2S/c15-9-2-1-7-5-12-11(4-8(7)3-9)17-13(20-12)6-10(16)14(18)19/h7-10H,1-6,16H2,(H,18,19)/t7?,8?,9?,10-/m1/s1. The summed E-state index contributed by atoms with van der Waals surface area (Å²) in [6, 6.07) is -0.850. The minimum absolute atomic E-state index is 0.316. The van der Waals surface area contributed by atoms with Gasteiger partial charge in [0.25, 0.3) is 0 Å². The highest BCUT2D eigenvalue weighted by atomic mass is 35.5. The zero-order valence-electron chi connectivity index (χ0n) is 11.2. The Bertz CT molecular complexity index is 519. The molecule has 4 nitrogen and oxygen atoms in total. The molecule has 2 aliphatic rings. The molecule has 1 aromatic rings. The number of carbonyl (C=O) groups is 1. The number of aliphatic carboxylic acids is 1. The van der Waals surface area contributed by atoms with Gasteiger partial charge in [-0.3, -0.25) is 4.79 Å². The summed E-state index contributed by atoms with van der Waals surface area (Å²) < 4.78 is 0. The van der Waals surface area contributed by atoms with E-state index in [0.29, 0.717) is 17.7 Å². The molecule has 0 radical (unpaired) electrons. The van der Waals surface area contributed by atoms with Crippen molar-refractivity contribution in [3.8, 4) is 0 Å². The second kappa shape index (κ2) is 5.62. The number of halogens is 1. The van der Waals surface area contributed by atoms with Crippen molar-refractivity contribution in [2.24, 2.45) is 17.6 Å². The molecular formula is C14H19ClN2O2S. The van der Waals surface area contributed by atoms with Gasteiger partial charge in [-0.1, -0.05) is 0 Å². The molecule has 6 heteroatoms. The Morgan fingerprint density at radius 2 is 2.25 bits per heavy atom. The Morgan fingerprint density at radius 1 is 1.45 bits per heavy atom. The van der Waals surface area contributed by atoms with E-state index in [-0.39, 0.29) is 0 Å². The highest BCUT2D eigenvalue weighted by molar-refractivity contribution is 7.11. The highest BCUT2D eigenvalue weighted by Crippen LogP contribution is 2.42. The first kappa shape index (κ1) is 14.3. The summed E-state index contributed by atoms with van der Waals surface area (Å²) in [5, 5.41) is 10.1. The van der Waals surface area contributed by atoms with Crippen LogP contribution in [0, 0.1) is 11.8 Å². The van der Waals surface area contributed by atoms with E-state index < -0.39 is 12.0 Å². The predicted octanol–water partition coefficient (Wildman–Crippen LogP) is 2.22. The maximum atomic E-state index is 10.8. The van der Waals surface area contributed by atoms with Gasteiger partial charge in [0.2, 0.25) is 0 Å². The Balaban J connectivity index is 1.74. The SMILES string of the molecule is N[C@H](Cc1nc2c(s1)CC1CCC(Cl)CC1C2)C(=O)O. The number of fused-ring (bicyclic) bond motifs is 2. The molecule has 2 aliphatic carbocycles. The van der Waals surface area contributed by atoms with Gasteiger partial charge in [0.05, 0.1) is 10.7 Å². The fourth-order valence-corrected chi connectivity index (χ4v) is 5.00. The summed E-state index contributed by atoms with van der Waals surface area (Å²) >= 11 is 7.92. The molecule has 20 heavy (non-hydrogen) atoms. The Labute approximate surface area is 127 Å². The molecule has 3 rings (SSSR count). The van der Waals surface area contributed by atoms with E-state index >= 15 is 0 Å². The quantitative estimate of drug-likeness (QED) is 0.839. The van der Waals surface area contributed by atoms with E-state index in [0.717, 1.165) is 42.3 Å². The summed E-state index contributed by atoms with van der Waals surface area (Å²) in [6.07, 6.45) is 5.84. The molecule has 0 aromatic carbocycles. The van der Waals surface area contributed by atoms with Crippen LogP contribution < -0.4 is 5.73 Å². The lowest BCUT2D eigenvalue weighted by Gasteiger charge is -2.36. The lowest BCUT2D eigenvalue weighted by molar-refractivity contribution is -0.138. The van der Waals surface area contributed by atoms with Crippen molar-refractivity contribution < 1.29 is 9.90 Å². The number of carboxylic acids is 1. The number of thiazole rings is 1. The number of hydrogen-bond acceptors (Lipinski definition) is 4. The van der Waals surface area contributed by atoms with Crippen molar-refractivity contribution in [3.05, 3.63) is 15.6 Å². The van der Waals surface area contributed by atoms with E-state index in [2.05, 4.69) is 4.98 Å². The molecule has 0 aliphatic heterocycles. The monoisotopic (exact) mass is 314 g/mol. The Hall–Kier alpha value is -0.650. The summed E-state index contributed by atoms with van der Waals surface area (Å²) in [4.78, 5) is 16.8. The van der Waals surface area contributed by atoms with Crippen molar-refractivity contribution in [1.29, 1.82) is 0 Å². The van der Waals surface area contributed by atoms with Gasteiger partial charge in [0.1, 0.15) is 6.04 Å². The van der Waals surface area contributed by atoms with E-state index in [1.165, 1.54) is 11.3 Å². The fourth-order valence-electron chi connectivity index (χ4n) is 3.39. The zero-order chi connectivity index (χ0) is 14.3. The first-order valence-corrected chi connectivity index (χ1v) is 8.38. The third-order valence-corrected chi connectivity index (χ3v) is 6.05. The smallest absolute Gasteiger partial charge is 0.320 e. The van der Waals surface area contributed by atoms with Gasteiger partial charge in [-0.05, 0) is 43.9 Å². The van der Waals surface area contributed by atoms with Crippen molar-refractivity contribution in [2.75, 3.05) is 0 Å². The summed E-state index contributed by atoms with van der Waals surface area (Å²) in [5.41, 5.74) is 6.75. The first-order chi connectivity index (χ1) is 9.52. The third-order valence-electron chi connectivity index (χ3n) is 4.51. The molecule has 3 N–H and O–H groups in total. The maximum Gasteiger partial charge on any atom is 0.320 e. The Kier molecular flexibility index (Phi) is 4.02. The van der Waals surface area contributed by atoms with Crippen LogP contribution >= 0.6 is 22.9 Å². The number of alkyl halides is 1. The van der Waals surface area contributed by atoms with E-state index in [9.17, 15) is 4.79 Å². The van der Waals surface area contributed by atoms with E-state index in [4.69, 9.17) is 22.4 Å². The lowest BCUT2D eigenvalue weighted by Crippen LogP contribution is -2.32. The Morgan fingerprint density at radius 3 is 3.00 bits per heavy atom. The van der Waals surface area contributed by atoms with Crippen LogP contribution in [-0.4, -0.2) is 27.5 Å². The molecule has 3 unspecified atom stereocenters. The number of aromatic nitrogens is 1. The summed E-state index contributed by atoms with van der Waals surface area (Å²) in [6.45, 7) is 0. The molecule has 1 fully saturated rings. The van der Waals surface area contributed by atoms with Crippen molar-refractivity contribution in [2.45, 2.75) is 49.9 Å². The molecule has 4 atom stereocenters. The van der Waals surface area contributed by atoms with Gasteiger partial charge in [-0.2, -0.15) is 0 Å². The van der Waals surface area contributed by atoms with Gasteiger partial charge in [-0.25, -0.2) is 4.98 Å². The number of rotatable bonds is 3. The number of nitrogens with two attached hydrogens (primary N) is 1. The number of hydrogen-bond donors (Lipinski definition) is 2. The molecular weight excluding hydrogens is 296 g/mol. The third kappa shape index (κ3) is 2.85. The molecule has 0 amide bonds. The van der Waals surface area contributed by atoms with Gasteiger partial charge in [-0.15, -0.1) is 22.9 Å². The number of nitrogens with zero attached hydrogens (tertiary/aromatic N) is 1. The zero-order valence-corrected chi connectivity index (χ0v) is 12.8. The molecule has 1 aromatic heterocycles. The molecule has 110 valence electrons. The average molecular weight is 315 g/mol. The average Bonchev–Trinajstić information content (AvgIpc) is 2.76. The molecule has 0 bridgehead atoms. The first-order valence-electron chi connectivity index (χ1n) is 7.13. The summed E-state index contributed by atoms with van der Waals surface area (Å²) in [5.74, 6) is 0.428. The summed E-state index contributed by atoms with van der Waals surface area (Å²) in [7, 11) is 0. The van der Waals surface area contributed by atoms with Crippen molar-refractivity contribution in [3.63, 3.8) is 0 Å². The van der Waals surface area contributed by atoms with Gasteiger partial charge >= 0.3 is 5.97 Å². The largest absolute Gasteiger partial charge is 0.480 e. The molecule has 1 saturated carbocycles. The van der Waals surface area contributed by atoms with Crippen LogP contribution in [0.3, 0.4) is 0 Å². The molecule has 0 saturated heterocycles. The van der Waals surface area contributed by atoms with E-state index in [1.54, 1.807) is 11.3 Å². The van der Waals surface area contributed by atoms with Crippen LogP contribution in [0.2, 0.25) is 0 Å². The second-order valence-electron chi connectivity index (χ2n) is 5.97. The van der Waals surface area contributed by atoms with Crippen molar-refractivity contribution >= 4 is 28.9 Å². The van der Waals surface area contributed by atoms with Gasteiger partial charge in [0.15, 0.2) is 0 Å². The van der Waals surface area contributed by atoms with Crippen LogP contribution in [0.15, 0.2) is 0 Å². The van der Waals surface area contributed by atoms with Gasteiger partial charge in [0, 0.05) is 16.7 Å². The van der Waals surface area contributed by atoms with Crippen LogP contribution in [0.5, 0.6) is 0 Å². The molecule has 0 spiro atoms. The maximum absolute atomic E-state index is 10.8. The van der Waals surface area contributed by atoms with Crippen LogP contribution in [-0.2, 0) is 24.1 Å². The molecule has 1 heterocycles. The topological polar surface area (TPSA) is 76.2 Å². The predicted molar refractivity (Wildman–Crippen MR) is 79.3 cm³/mol. The van der Waals surface area contributed by atoms with Crippen LogP contribution in [0.4, 0.5) is 0 Å². The fraction of sp³-hybridized carbons (Fsp3) is 0.714. The highest BCUT2D eigenvalue weighted by Gasteiger charge is 2.35. The number of carboxylic acid groups (broad SMARTS) is 1. The minimum atomic E-state index is -0.961. The van der Waals surface area contributed by atoms with Crippen molar-refractivity contribution in [1.82, 2.24) is 4.98 Å².